The summed E-state index contributed by atoms with van der Waals surface area (Å²) >= 11 is 0. The van der Waals surface area contributed by atoms with Gasteiger partial charge in [0, 0.05) is 11.9 Å². The van der Waals surface area contributed by atoms with E-state index in [4.69, 9.17) is 19.6 Å². The van der Waals surface area contributed by atoms with Crippen LogP contribution in [0.1, 0.15) is 43.6 Å². The zero-order chi connectivity index (χ0) is 25.1. The Morgan fingerprint density at radius 2 is 1.86 bits per heavy atom. The Morgan fingerprint density at radius 3 is 2.57 bits per heavy atom. The smallest absolute Gasteiger partial charge is 0.347 e. The third-order valence-corrected chi connectivity index (χ3v) is 5.86. The monoisotopic (exact) mass is 474 g/mol. The van der Waals surface area contributed by atoms with Crippen molar-refractivity contribution in [1.29, 1.82) is 0 Å². The van der Waals surface area contributed by atoms with E-state index in [0.717, 1.165) is 23.4 Å². The van der Waals surface area contributed by atoms with Crippen LogP contribution in [0.4, 0.5) is 0 Å². The number of para-hydroxylation sites is 1. The van der Waals surface area contributed by atoms with Crippen molar-refractivity contribution in [3.8, 4) is 22.7 Å². The number of nitrogens with zero attached hydrogens (tertiary/aromatic N) is 4. The summed E-state index contributed by atoms with van der Waals surface area (Å²) < 4.78 is 14.5. The molecule has 0 spiro atoms. The molecular formula is C27H30N4O4. The maximum absolute atomic E-state index is 13.6. The molecular weight excluding hydrogens is 444 g/mol. The normalized spacial score (nSPS) is 12.0. The second-order valence-electron chi connectivity index (χ2n) is 8.46. The fraction of sp³-hybridized carbons (Fsp3) is 0.333. The first-order valence-corrected chi connectivity index (χ1v) is 11.8. The van der Waals surface area contributed by atoms with Gasteiger partial charge in [-0.15, -0.1) is 0 Å². The lowest BCUT2D eigenvalue weighted by Gasteiger charge is -2.18. The minimum Gasteiger partial charge on any atom is -0.475 e. The van der Waals surface area contributed by atoms with E-state index < -0.39 is 12.1 Å². The van der Waals surface area contributed by atoms with Gasteiger partial charge in [-0.05, 0) is 63.9 Å². The van der Waals surface area contributed by atoms with E-state index in [1.807, 2.05) is 55.8 Å². The van der Waals surface area contributed by atoms with E-state index in [9.17, 15) is 9.59 Å². The molecule has 4 aromatic rings. The number of pyridine rings is 1. The van der Waals surface area contributed by atoms with Crippen LogP contribution >= 0.6 is 0 Å². The van der Waals surface area contributed by atoms with Gasteiger partial charge in [-0.3, -0.25) is 9.20 Å². The second-order valence-corrected chi connectivity index (χ2v) is 8.46. The quantitative estimate of drug-likeness (QED) is 0.347. The predicted octanol–water partition coefficient (Wildman–Crippen LogP) is 4.58. The lowest BCUT2D eigenvalue weighted by Crippen LogP contribution is -2.30. The largest absolute Gasteiger partial charge is 0.475 e. The van der Waals surface area contributed by atoms with Crippen LogP contribution in [0.3, 0.4) is 0 Å². The number of benzene rings is 1. The van der Waals surface area contributed by atoms with Crippen LogP contribution in [-0.2, 0) is 9.53 Å². The van der Waals surface area contributed by atoms with Crippen LogP contribution in [0.2, 0.25) is 0 Å². The Bertz CT molecular complexity index is 1440. The highest BCUT2D eigenvalue weighted by Gasteiger charge is 2.24. The SMILES string of the molecule is CCC[C@H](Oc1cccn2c(=O)c(-c3cc(C)n(-c4ccccc4C)n3)c(C)nc12)C(=O)OCC. The molecule has 8 heteroatoms. The summed E-state index contributed by atoms with van der Waals surface area (Å²) in [6, 6.07) is 13.3. The van der Waals surface area contributed by atoms with Crippen LogP contribution in [0, 0.1) is 20.8 Å². The van der Waals surface area contributed by atoms with Gasteiger partial charge in [0.05, 0.1) is 23.6 Å². The molecule has 0 unspecified atom stereocenters. The molecule has 3 aromatic heterocycles. The molecule has 8 nitrogen and oxygen atoms in total. The van der Waals surface area contributed by atoms with Crippen LogP contribution in [0.15, 0.2) is 53.5 Å². The summed E-state index contributed by atoms with van der Waals surface area (Å²) in [4.78, 5) is 30.7. The molecule has 0 aliphatic rings. The fourth-order valence-electron chi connectivity index (χ4n) is 4.15. The van der Waals surface area contributed by atoms with Crippen molar-refractivity contribution >= 4 is 11.6 Å². The number of ether oxygens (including phenoxy) is 2. The number of hydrogen-bond acceptors (Lipinski definition) is 6. The fourth-order valence-corrected chi connectivity index (χ4v) is 4.15. The summed E-state index contributed by atoms with van der Waals surface area (Å²) in [6.45, 7) is 9.76. The molecule has 0 amide bonds. The first-order valence-electron chi connectivity index (χ1n) is 11.8. The third-order valence-electron chi connectivity index (χ3n) is 5.86. The Morgan fingerprint density at radius 1 is 1.09 bits per heavy atom. The van der Waals surface area contributed by atoms with E-state index in [1.54, 1.807) is 32.2 Å². The summed E-state index contributed by atoms with van der Waals surface area (Å²) in [5.74, 6) is -0.0726. The van der Waals surface area contributed by atoms with Crippen LogP contribution in [0.25, 0.3) is 22.6 Å². The summed E-state index contributed by atoms with van der Waals surface area (Å²) in [6.07, 6.45) is 2.12. The third kappa shape index (κ3) is 4.69. The highest BCUT2D eigenvalue weighted by Crippen LogP contribution is 2.25. The molecule has 1 aromatic carbocycles. The van der Waals surface area contributed by atoms with Gasteiger partial charge in [-0.2, -0.15) is 5.10 Å². The Hall–Kier alpha value is -3.94. The molecule has 0 radical (unpaired) electrons. The number of rotatable bonds is 8. The summed E-state index contributed by atoms with van der Waals surface area (Å²) in [5, 5.41) is 4.75. The number of aryl methyl sites for hydroxylation is 3. The summed E-state index contributed by atoms with van der Waals surface area (Å²) in [7, 11) is 0. The van der Waals surface area contributed by atoms with Gasteiger partial charge >= 0.3 is 5.97 Å². The highest BCUT2D eigenvalue weighted by atomic mass is 16.6. The zero-order valence-corrected chi connectivity index (χ0v) is 20.7. The van der Waals surface area contributed by atoms with Crippen molar-refractivity contribution in [1.82, 2.24) is 19.2 Å². The van der Waals surface area contributed by atoms with Gasteiger partial charge in [-0.25, -0.2) is 14.5 Å². The number of esters is 1. The van der Waals surface area contributed by atoms with Gasteiger partial charge in [0.2, 0.25) is 0 Å². The molecule has 0 aliphatic heterocycles. The number of fused-ring (bicyclic) bond motifs is 1. The Labute approximate surface area is 204 Å². The van der Waals surface area contributed by atoms with E-state index in [1.165, 1.54) is 4.40 Å². The zero-order valence-electron chi connectivity index (χ0n) is 20.7. The molecule has 0 aliphatic carbocycles. The van der Waals surface area contributed by atoms with E-state index in [2.05, 4.69) is 0 Å². The predicted molar refractivity (Wildman–Crippen MR) is 134 cm³/mol. The van der Waals surface area contributed by atoms with Gasteiger partial charge in [-0.1, -0.05) is 31.5 Å². The number of hydrogen-bond donors (Lipinski definition) is 0. The van der Waals surface area contributed by atoms with Crippen LogP contribution in [0.5, 0.6) is 5.75 Å². The minimum atomic E-state index is -0.768. The molecule has 0 N–H and O–H groups in total. The molecule has 0 bridgehead atoms. The van der Waals surface area contributed by atoms with E-state index in [0.29, 0.717) is 34.8 Å². The molecule has 0 saturated carbocycles. The molecule has 0 fully saturated rings. The van der Waals surface area contributed by atoms with Crippen molar-refractivity contribution < 1.29 is 14.3 Å². The van der Waals surface area contributed by atoms with Crippen molar-refractivity contribution in [3.05, 3.63) is 76.0 Å². The van der Waals surface area contributed by atoms with Crippen molar-refractivity contribution in [2.24, 2.45) is 0 Å². The maximum Gasteiger partial charge on any atom is 0.347 e. The molecule has 1 atom stereocenters. The van der Waals surface area contributed by atoms with Crippen molar-refractivity contribution in [2.75, 3.05) is 6.61 Å². The topological polar surface area (TPSA) is 87.7 Å². The number of aromatic nitrogens is 4. The molecule has 35 heavy (non-hydrogen) atoms. The van der Waals surface area contributed by atoms with Crippen LogP contribution < -0.4 is 10.3 Å². The van der Waals surface area contributed by atoms with E-state index >= 15 is 0 Å². The molecule has 182 valence electrons. The molecule has 3 heterocycles. The van der Waals surface area contributed by atoms with E-state index in [-0.39, 0.29) is 12.2 Å². The second kappa shape index (κ2) is 10.1. The van der Waals surface area contributed by atoms with Gasteiger partial charge in [0.1, 0.15) is 5.69 Å². The highest BCUT2D eigenvalue weighted by molar-refractivity contribution is 5.75. The summed E-state index contributed by atoms with van der Waals surface area (Å²) in [5.41, 5.74) is 4.55. The van der Waals surface area contributed by atoms with Gasteiger partial charge < -0.3 is 9.47 Å². The van der Waals surface area contributed by atoms with Crippen molar-refractivity contribution in [3.63, 3.8) is 0 Å². The minimum absolute atomic E-state index is 0.254. The number of carbonyl (C=O) groups is 1. The first-order chi connectivity index (χ1) is 16.8. The Kier molecular flexibility index (Phi) is 7.00. The van der Waals surface area contributed by atoms with Crippen molar-refractivity contribution in [2.45, 2.75) is 53.6 Å². The molecule has 0 saturated heterocycles. The average molecular weight is 475 g/mol. The number of carbonyl (C=O) groups excluding carboxylic acids is 1. The average Bonchev–Trinajstić information content (AvgIpc) is 3.20. The van der Waals surface area contributed by atoms with Gasteiger partial charge in [0.25, 0.3) is 5.56 Å². The molecule has 4 rings (SSSR count). The standard InChI is InChI=1S/C27H30N4O4/c1-6-11-23(27(33)34-7-2)35-22-14-10-15-30-25(22)28-19(5)24(26(30)32)20-16-18(4)31(29-20)21-13-9-8-12-17(21)3/h8-10,12-16,23H,6-7,11H2,1-5H3/t23-/m0/s1. The van der Waals surface area contributed by atoms with Gasteiger partial charge in [0.15, 0.2) is 17.5 Å². The van der Waals surface area contributed by atoms with Crippen LogP contribution in [-0.4, -0.2) is 37.8 Å². The Balaban J connectivity index is 1.79. The lowest BCUT2D eigenvalue weighted by molar-refractivity contribution is -0.151. The lowest BCUT2D eigenvalue weighted by atomic mass is 10.1. The maximum atomic E-state index is 13.6. The first kappa shape index (κ1) is 24.2.